The van der Waals surface area contributed by atoms with Gasteiger partial charge in [-0.25, -0.2) is 4.98 Å². The van der Waals surface area contributed by atoms with E-state index in [4.69, 9.17) is 0 Å². The molecule has 106 valence electrons. The molecule has 5 heteroatoms. The Balaban J connectivity index is 1.73. The first-order valence-electron chi connectivity index (χ1n) is 7.19. The van der Waals surface area contributed by atoms with E-state index >= 15 is 0 Å². The summed E-state index contributed by atoms with van der Waals surface area (Å²) in [7, 11) is 0. The van der Waals surface area contributed by atoms with Crippen molar-refractivity contribution in [2.75, 3.05) is 11.4 Å². The number of hydrogen-bond acceptors (Lipinski definition) is 4. The van der Waals surface area contributed by atoms with E-state index in [0.717, 1.165) is 38.0 Å². The lowest BCUT2D eigenvalue weighted by atomic mass is 10.2. The molecule has 1 aromatic rings. The predicted octanol–water partition coefficient (Wildman–Crippen LogP) is 1.53. The maximum Gasteiger partial charge on any atom is 0.242 e. The Morgan fingerprint density at radius 2 is 2.10 bits per heavy atom. The van der Waals surface area contributed by atoms with E-state index < -0.39 is 0 Å². The normalized spacial score (nSPS) is 21.9. The van der Waals surface area contributed by atoms with Crippen LogP contribution in [0.3, 0.4) is 0 Å². The summed E-state index contributed by atoms with van der Waals surface area (Å²) in [5.41, 5.74) is 0.604. The quantitative estimate of drug-likeness (QED) is 0.845. The number of nitrogens with one attached hydrogen (secondary N) is 1. The molecule has 0 unspecified atom stereocenters. The third-order valence-corrected chi connectivity index (χ3v) is 3.93. The molecule has 1 N–H and O–H groups in total. The Morgan fingerprint density at radius 3 is 2.70 bits per heavy atom. The highest BCUT2D eigenvalue weighted by Crippen LogP contribution is 2.26. The van der Waals surface area contributed by atoms with E-state index in [1.165, 1.54) is 6.92 Å². The molecule has 1 aromatic heterocycles. The number of ketones is 1. The summed E-state index contributed by atoms with van der Waals surface area (Å²) in [6.45, 7) is 2.37. The van der Waals surface area contributed by atoms with Gasteiger partial charge in [0.2, 0.25) is 5.91 Å². The molecule has 20 heavy (non-hydrogen) atoms. The summed E-state index contributed by atoms with van der Waals surface area (Å²) in [5.74, 6) is 0.902. The van der Waals surface area contributed by atoms with Gasteiger partial charge in [0.1, 0.15) is 11.9 Å². The monoisotopic (exact) mass is 273 g/mol. The highest BCUT2D eigenvalue weighted by molar-refractivity contribution is 5.94. The third kappa shape index (κ3) is 2.66. The molecule has 0 bridgehead atoms. The number of carbonyl (C=O) groups excluding carboxylic acids is 2. The molecule has 0 spiro atoms. The van der Waals surface area contributed by atoms with Crippen molar-refractivity contribution in [3.8, 4) is 0 Å². The number of Topliss-reactive ketones (excluding diaryl/α,β-unsaturated/α-hetero) is 1. The average molecular weight is 273 g/mol. The second kappa shape index (κ2) is 5.23. The first-order valence-corrected chi connectivity index (χ1v) is 7.19. The Kier molecular flexibility index (Phi) is 3.42. The molecule has 1 aliphatic heterocycles. The number of aromatic nitrogens is 1. The minimum atomic E-state index is -0.119. The molecule has 3 rings (SSSR count). The van der Waals surface area contributed by atoms with Gasteiger partial charge >= 0.3 is 0 Å². The molecule has 2 heterocycles. The molecule has 1 aliphatic carbocycles. The smallest absolute Gasteiger partial charge is 0.242 e. The van der Waals surface area contributed by atoms with Crippen LogP contribution in [0.4, 0.5) is 5.82 Å². The molecular formula is C15H19N3O2. The molecule has 1 atom stereocenters. The van der Waals surface area contributed by atoms with Gasteiger partial charge in [-0.3, -0.25) is 9.59 Å². The zero-order valence-electron chi connectivity index (χ0n) is 11.6. The summed E-state index contributed by atoms with van der Waals surface area (Å²) in [6, 6.07) is 3.88. The topological polar surface area (TPSA) is 62.3 Å². The maximum absolute atomic E-state index is 12.2. The highest BCUT2D eigenvalue weighted by atomic mass is 16.2. The van der Waals surface area contributed by atoms with Crippen LogP contribution >= 0.6 is 0 Å². The van der Waals surface area contributed by atoms with E-state index in [0.29, 0.717) is 11.6 Å². The van der Waals surface area contributed by atoms with E-state index in [1.807, 2.05) is 11.0 Å². The van der Waals surface area contributed by atoms with Crippen LogP contribution in [-0.4, -0.2) is 35.3 Å². The van der Waals surface area contributed by atoms with Crippen molar-refractivity contribution in [2.24, 2.45) is 0 Å². The van der Waals surface area contributed by atoms with Crippen molar-refractivity contribution in [1.29, 1.82) is 0 Å². The maximum atomic E-state index is 12.2. The zero-order valence-corrected chi connectivity index (χ0v) is 11.6. The highest BCUT2D eigenvalue weighted by Gasteiger charge is 2.34. The Bertz CT molecular complexity index is 522. The van der Waals surface area contributed by atoms with Gasteiger partial charge in [0, 0.05) is 24.3 Å². The van der Waals surface area contributed by atoms with Crippen molar-refractivity contribution in [3.05, 3.63) is 23.9 Å². The predicted molar refractivity (Wildman–Crippen MR) is 75.8 cm³/mol. The van der Waals surface area contributed by atoms with Crippen molar-refractivity contribution < 1.29 is 9.59 Å². The summed E-state index contributed by atoms with van der Waals surface area (Å²) >= 11 is 0. The second-order valence-corrected chi connectivity index (χ2v) is 5.60. The van der Waals surface area contributed by atoms with Gasteiger partial charge < -0.3 is 10.2 Å². The number of rotatable bonds is 4. The SMILES string of the molecule is CC(=O)c1ccc(N2CCC[C@@H]2C(=O)NC2CC2)nc1. The van der Waals surface area contributed by atoms with E-state index in [1.54, 1.807) is 12.3 Å². The minimum absolute atomic E-state index is 0.00787. The molecule has 2 fully saturated rings. The standard InChI is InChI=1S/C15H19N3O2/c1-10(19)11-4-7-14(16-9-11)18-8-2-3-13(18)15(20)17-12-5-6-12/h4,7,9,12-13H,2-3,5-6,8H2,1H3,(H,17,20)/t13-/m1/s1. The fourth-order valence-electron chi connectivity index (χ4n) is 2.60. The molecule has 1 saturated heterocycles. The number of amides is 1. The Hall–Kier alpha value is -1.91. The van der Waals surface area contributed by atoms with Gasteiger partial charge in [-0.1, -0.05) is 0 Å². The van der Waals surface area contributed by atoms with Gasteiger partial charge in [0.15, 0.2) is 5.78 Å². The molecule has 1 amide bonds. The minimum Gasteiger partial charge on any atom is -0.352 e. The van der Waals surface area contributed by atoms with Crippen LogP contribution < -0.4 is 10.2 Å². The van der Waals surface area contributed by atoms with Gasteiger partial charge in [0.05, 0.1) is 0 Å². The molecule has 5 nitrogen and oxygen atoms in total. The number of hydrogen-bond donors (Lipinski definition) is 1. The molecule has 0 radical (unpaired) electrons. The second-order valence-electron chi connectivity index (χ2n) is 5.60. The Labute approximate surface area is 118 Å². The van der Waals surface area contributed by atoms with Gasteiger partial charge in [-0.15, -0.1) is 0 Å². The van der Waals surface area contributed by atoms with Crippen molar-refractivity contribution in [3.63, 3.8) is 0 Å². The van der Waals surface area contributed by atoms with Crippen LogP contribution in [0.5, 0.6) is 0 Å². The summed E-state index contributed by atoms with van der Waals surface area (Å²) in [5, 5.41) is 3.06. The summed E-state index contributed by atoms with van der Waals surface area (Å²) < 4.78 is 0. The number of anilines is 1. The van der Waals surface area contributed by atoms with Crippen molar-refractivity contribution >= 4 is 17.5 Å². The lowest BCUT2D eigenvalue weighted by Gasteiger charge is -2.25. The summed E-state index contributed by atoms with van der Waals surface area (Å²) in [4.78, 5) is 29.9. The van der Waals surface area contributed by atoms with Crippen LogP contribution in [0.1, 0.15) is 43.0 Å². The van der Waals surface area contributed by atoms with Crippen LogP contribution in [0.2, 0.25) is 0 Å². The van der Waals surface area contributed by atoms with E-state index in [2.05, 4.69) is 10.3 Å². The lowest BCUT2D eigenvalue weighted by Crippen LogP contribution is -2.44. The van der Waals surface area contributed by atoms with E-state index in [-0.39, 0.29) is 17.7 Å². The van der Waals surface area contributed by atoms with Crippen molar-refractivity contribution in [1.82, 2.24) is 10.3 Å². The lowest BCUT2D eigenvalue weighted by molar-refractivity contribution is -0.122. The molecule has 1 saturated carbocycles. The molecule has 0 aromatic carbocycles. The fraction of sp³-hybridized carbons (Fsp3) is 0.533. The van der Waals surface area contributed by atoms with Crippen molar-refractivity contribution in [2.45, 2.75) is 44.7 Å². The van der Waals surface area contributed by atoms with Gasteiger partial charge in [-0.05, 0) is 44.7 Å². The first kappa shape index (κ1) is 13.1. The fourth-order valence-corrected chi connectivity index (χ4v) is 2.60. The van der Waals surface area contributed by atoms with Gasteiger partial charge in [0.25, 0.3) is 0 Å². The van der Waals surface area contributed by atoms with E-state index in [9.17, 15) is 9.59 Å². The van der Waals surface area contributed by atoms with Crippen LogP contribution in [0.25, 0.3) is 0 Å². The largest absolute Gasteiger partial charge is 0.352 e. The summed E-state index contributed by atoms with van der Waals surface area (Å²) in [6.07, 6.45) is 5.66. The molecule has 2 aliphatic rings. The van der Waals surface area contributed by atoms with Crippen LogP contribution in [0.15, 0.2) is 18.3 Å². The van der Waals surface area contributed by atoms with Crippen LogP contribution in [-0.2, 0) is 4.79 Å². The molecular weight excluding hydrogens is 254 g/mol. The number of pyridine rings is 1. The third-order valence-electron chi connectivity index (χ3n) is 3.93. The van der Waals surface area contributed by atoms with Gasteiger partial charge in [-0.2, -0.15) is 0 Å². The number of nitrogens with zero attached hydrogens (tertiary/aromatic N) is 2. The first-order chi connectivity index (χ1) is 9.65. The Morgan fingerprint density at radius 1 is 1.30 bits per heavy atom. The average Bonchev–Trinajstić information content (AvgIpc) is 3.11. The van der Waals surface area contributed by atoms with Crippen LogP contribution in [0, 0.1) is 0 Å². The zero-order chi connectivity index (χ0) is 14.1. The number of carbonyl (C=O) groups is 2.